The Morgan fingerprint density at radius 1 is 1.40 bits per heavy atom. The molecule has 0 aliphatic carbocycles. The lowest BCUT2D eigenvalue weighted by Crippen LogP contribution is -2.40. The Morgan fingerprint density at radius 2 is 2.00 bits per heavy atom. The fraction of sp³-hybridized carbons (Fsp3) is 0.500. The zero-order valence-corrected chi connectivity index (χ0v) is 7.93. The number of halogens is 3. The minimum atomic E-state index is -4.98. The Bertz CT molecular complexity index is 260. The van der Waals surface area contributed by atoms with E-state index in [1.54, 1.807) is 13.0 Å². The van der Waals surface area contributed by atoms with Crippen molar-refractivity contribution in [1.29, 1.82) is 0 Å². The molecule has 0 aromatic heterocycles. The maximum Gasteiger partial charge on any atom is 0.471 e. The number of alkyl halides is 3. The van der Waals surface area contributed by atoms with E-state index in [1.165, 1.54) is 11.4 Å². The number of hydrogen-bond donors (Lipinski definition) is 1. The molecule has 0 heterocycles. The second-order valence-corrected chi connectivity index (χ2v) is 2.43. The molecule has 0 unspecified atom stereocenters. The van der Waals surface area contributed by atoms with Crippen LogP contribution in [-0.4, -0.2) is 31.2 Å². The average molecular weight is 225 g/mol. The van der Waals surface area contributed by atoms with Crippen molar-refractivity contribution in [1.82, 2.24) is 5.32 Å². The van der Waals surface area contributed by atoms with Gasteiger partial charge in [-0.1, -0.05) is 12.2 Å². The van der Waals surface area contributed by atoms with E-state index in [-0.39, 0.29) is 6.61 Å². The van der Waals surface area contributed by atoms with E-state index in [2.05, 4.69) is 4.74 Å². The molecule has 0 saturated heterocycles. The van der Waals surface area contributed by atoms with Gasteiger partial charge in [0.15, 0.2) is 0 Å². The molecule has 86 valence electrons. The van der Waals surface area contributed by atoms with Crippen LogP contribution in [0.2, 0.25) is 0 Å². The Morgan fingerprint density at radius 3 is 2.47 bits per heavy atom. The van der Waals surface area contributed by atoms with Crippen LogP contribution < -0.4 is 5.32 Å². The van der Waals surface area contributed by atoms with Crippen LogP contribution in [0, 0.1) is 0 Å². The third kappa shape index (κ3) is 6.53. The van der Waals surface area contributed by atoms with E-state index in [1.807, 2.05) is 0 Å². The number of esters is 1. The van der Waals surface area contributed by atoms with E-state index in [0.717, 1.165) is 0 Å². The topological polar surface area (TPSA) is 55.4 Å². The van der Waals surface area contributed by atoms with Gasteiger partial charge in [-0.25, -0.2) is 0 Å². The summed E-state index contributed by atoms with van der Waals surface area (Å²) in [5.41, 5.74) is 0. The van der Waals surface area contributed by atoms with Crippen LogP contribution >= 0.6 is 0 Å². The Balaban J connectivity index is 3.77. The molecule has 0 fully saturated rings. The molecule has 1 N–H and O–H groups in total. The number of nitrogens with one attached hydrogen (secondary N) is 1. The maximum absolute atomic E-state index is 11.6. The molecule has 1 amide bonds. The summed E-state index contributed by atoms with van der Waals surface area (Å²) < 4.78 is 39.3. The number of carbonyl (C=O) groups excluding carboxylic acids is 2. The third-order valence-electron chi connectivity index (χ3n) is 1.23. The van der Waals surface area contributed by atoms with Gasteiger partial charge in [-0.15, -0.1) is 0 Å². The maximum atomic E-state index is 11.6. The number of rotatable bonds is 4. The first-order chi connectivity index (χ1) is 6.88. The Labute approximate surface area is 84.1 Å². The summed E-state index contributed by atoms with van der Waals surface area (Å²) in [6.07, 6.45) is -1.87. The quantitative estimate of drug-likeness (QED) is 0.568. The molecule has 0 aliphatic rings. The van der Waals surface area contributed by atoms with E-state index >= 15 is 0 Å². The fourth-order valence-corrected chi connectivity index (χ4v) is 0.541. The lowest BCUT2D eigenvalue weighted by Gasteiger charge is -2.06. The normalized spacial score (nSPS) is 11.5. The van der Waals surface area contributed by atoms with Crippen LogP contribution in [-0.2, 0) is 14.3 Å². The average Bonchev–Trinajstić information content (AvgIpc) is 2.13. The van der Waals surface area contributed by atoms with Crippen molar-refractivity contribution in [2.75, 3.05) is 13.2 Å². The summed E-state index contributed by atoms with van der Waals surface area (Å²) in [6.45, 7) is 0.867. The van der Waals surface area contributed by atoms with Gasteiger partial charge in [0.2, 0.25) is 0 Å². The first kappa shape index (κ1) is 13.5. The van der Waals surface area contributed by atoms with Gasteiger partial charge in [0, 0.05) is 0 Å². The summed E-state index contributed by atoms with van der Waals surface area (Å²) in [5.74, 6) is -3.09. The zero-order chi connectivity index (χ0) is 11.9. The van der Waals surface area contributed by atoms with Gasteiger partial charge in [-0.2, -0.15) is 13.2 Å². The zero-order valence-electron chi connectivity index (χ0n) is 7.93. The van der Waals surface area contributed by atoms with Crippen LogP contribution in [0.25, 0.3) is 0 Å². The van der Waals surface area contributed by atoms with Gasteiger partial charge in [-0.3, -0.25) is 9.59 Å². The van der Waals surface area contributed by atoms with Gasteiger partial charge >= 0.3 is 18.1 Å². The summed E-state index contributed by atoms with van der Waals surface area (Å²) in [6, 6.07) is 0. The van der Waals surface area contributed by atoms with Gasteiger partial charge in [0.1, 0.15) is 13.2 Å². The van der Waals surface area contributed by atoms with Crippen molar-refractivity contribution >= 4 is 11.9 Å². The molecular formula is C8H10F3NO3. The van der Waals surface area contributed by atoms with Crippen LogP contribution in [0.15, 0.2) is 12.2 Å². The molecule has 0 aliphatic heterocycles. The van der Waals surface area contributed by atoms with E-state index in [0.29, 0.717) is 0 Å². The molecule has 0 spiro atoms. The van der Waals surface area contributed by atoms with Crippen molar-refractivity contribution in [2.45, 2.75) is 13.1 Å². The van der Waals surface area contributed by atoms with E-state index in [4.69, 9.17) is 0 Å². The monoisotopic (exact) mass is 225 g/mol. The van der Waals surface area contributed by atoms with Crippen LogP contribution in [0.3, 0.4) is 0 Å². The summed E-state index contributed by atoms with van der Waals surface area (Å²) in [4.78, 5) is 21.0. The van der Waals surface area contributed by atoms with Crippen molar-refractivity contribution in [3.63, 3.8) is 0 Å². The van der Waals surface area contributed by atoms with Crippen molar-refractivity contribution < 1.29 is 27.5 Å². The fourth-order valence-electron chi connectivity index (χ4n) is 0.541. The summed E-state index contributed by atoms with van der Waals surface area (Å²) >= 11 is 0. The van der Waals surface area contributed by atoms with Gasteiger partial charge in [0.05, 0.1) is 0 Å². The van der Waals surface area contributed by atoms with Crippen LogP contribution in [0.1, 0.15) is 6.92 Å². The second-order valence-electron chi connectivity index (χ2n) is 2.43. The van der Waals surface area contributed by atoms with Gasteiger partial charge in [-0.05, 0) is 6.92 Å². The Kier molecular flexibility index (Phi) is 5.43. The first-order valence-electron chi connectivity index (χ1n) is 3.99. The van der Waals surface area contributed by atoms with E-state index < -0.39 is 24.6 Å². The minimum absolute atomic E-state index is 0.0305. The van der Waals surface area contributed by atoms with Crippen LogP contribution in [0.4, 0.5) is 13.2 Å². The lowest BCUT2D eigenvalue weighted by atomic mass is 10.5. The van der Waals surface area contributed by atoms with E-state index in [9.17, 15) is 22.8 Å². The van der Waals surface area contributed by atoms with Gasteiger partial charge in [0.25, 0.3) is 0 Å². The van der Waals surface area contributed by atoms with Gasteiger partial charge < -0.3 is 10.1 Å². The molecule has 0 aromatic rings. The Hall–Kier alpha value is -1.53. The summed E-state index contributed by atoms with van der Waals surface area (Å²) in [5, 5.41) is 1.39. The standard InChI is InChI=1S/C8H10F3NO3/c1-2-3-4-15-6(13)5-12-7(14)8(9,10)11/h2-3H,4-5H2,1H3,(H,12,14). The molecule has 0 aromatic carbocycles. The summed E-state index contributed by atoms with van der Waals surface area (Å²) in [7, 11) is 0. The SMILES string of the molecule is CC=CCOC(=O)CNC(=O)C(F)(F)F. The highest BCUT2D eigenvalue weighted by Crippen LogP contribution is 2.13. The minimum Gasteiger partial charge on any atom is -0.460 e. The number of amides is 1. The predicted octanol–water partition coefficient (Wildman–Crippen LogP) is 0.784. The third-order valence-corrected chi connectivity index (χ3v) is 1.23. The molecule has 4 nitrogen and oxygen atoms in total. The highest BCUT2D eigenvalue weighted by molar-refractivity contribution is 5.85. The molecule has 0 atom stereocenters. The van der Waals surface area contributed by atoms with Crippen molar-refractivity contribution in [3.05, 3.63) is 12.2 Å². The molecule has 0 rings (SSSR count). The lowest BCUT2D eigenvalue weighted by molar-refractivity contribution is -0.174. The number of hydrogen-bond acceptors (Lipinski definition) is 3. The molecule has 0 saturated carbocycles. The smallest absolute Gasteiger partial charge is 0.460 e. The molecule has 0 radical (unpaired) electrons. The number of carbonyl (C=O) groups is 2. The molecule has 0 bridgehead atoms. The van der Waals surface area contributed by atoms with Crippen molar-refractivity contribution in [3.8, 4) is 0 Å². The second kappa shape index (κ2) is 6.05. The number of ether oxygens (including phenoxy) is 1. The highest BCUT2D eigenvalue weighted by atomic mass is 19.4. The number of allylic oxidation sites excluding steroid dienone is 1. The first-order valence-corrected chi connectivity index (χ1v) is 3.99. The highest BCUT2D eigenvalue weighted by Gasteiger charge is 2.38. The van der Waals surface area contributed by atoms with Crippen LogP contribution in [0.5, 0.6) is 0 Å². The molecule has 15 heavy (non-hydrogen) atoms. The van der Waals surface area contributed by atoms with Crippen molar-refractivity contribution in [2.24, 2.45) is 0 Å². The largest absolute Gasteiger partial charge is 0.471 e. The molecule has 7 heteroatoms. The predicted molar refractivity (Wildman–Crippen MR) is 44.8 cm³/mol. The molecular weight excluding hydrogens is 215 g/mol.